The highest BCUT2D eigenvalue weighted by Crippen LogP contribution is 2.11. The lowest BCUT2D eigenvalue weighted by atomic mass is 10.1. The van der Waals surface area contributed by atoms with Crippen molar-refractivity contribution in [3.63, 3.8) is 0 Å². The molecule has 0 spiro atoms. The van der Waals surface area contributed by atoms with Gasteiger partial charge in [-0.1, -0.05) is 217 Å². The van der Waals surface area contributed by atoms with E-state index < -0.39 is 6.10 Å². The third-order valence-electron chi connectivity index (χ3n) is 11.2. The summed E-state index contributed by atoms with van der Waals surface area (Å²) in [6.07, 6.45) is 87.8. The number of allylic oxidation sites excluding steroid dienone is 28. The quantitative estimate of drug-likeness (QED) is 0.0261. The number of hydrogen-bond acceptors (Lipinski definition) is 6. The van der Waals surface area contributed by atoms with Crippen LogP contribution in [0.25, 0.3) is 0 Å². The number of carbonyl (C=O) groups excluding carboxylic acids is 3. The van der Waals surface area contributed by atoms with Crippen LogP contribution in [0.3, 0.4) is 0 Å². The van der Waals surface area contributed by atoms with Crippen LogP contribution in [0.15, 0.2) is 170 Å². The number of hydrogen-bond donors (Lipinski definition) is 0. The minimum Gasteiger partial charge on any atom is -0.462 e. The molecule has 0 heterocycles. The van der Waals surface area contributed by atoms with Crippen LogP contribution in [-0.4, -0.2) is 37.2 Å². The molecule has 0 rings (SSSR count). The maximum Gasteiger partial charge on any atom is 0.306 e. The van der Waals surface area contributed by atoms with Crippen molar-refractivity contribution in [1.82, 2.24) is 0 Å². The summed E-state index contributed by atoms with van der Waals surface area (Å²) in [6.45, 7) is 6.23. The summed E-state index contributed by atoms with van der Waals surface area (Å²) in [4.78, 5) is 38.1. The molecule has 6 nitrogen and oxygen atoms in total. The van der Waals surface area contributed by atoms with Crippen molar-refractivity contribution >= 4 is 17.9 Å². The highest BCUT2D eigenvalue weighted by Gasteiger charge is 2.19. The van der Waals surface area contributed by atoms with Crippen LogP contribution in [0.2, 0.25) is 0 Å². The fraction of sp³-hybridized carbons (Fsp3) is 0.537. The molecule has 0 aromatic heterocycles. The van der Waals surface area contributed by atoms with E-state index >= 15 is 0 Å². The summed E-state index contributed by atoms with van der Waals surface area (Å²) in [5, 5.41) is 0. The van der Waals surface area contributed by atoms with Gasteiger partial charge in [0.1, 0.15) is 13.2 Å². The van der Waals surface area contributed by atoms with Gasteiger partial charge in [-0.05, 0) is 148 Å². The van der Waals surface area contributed by atoms with Gasteiger partial charge in [0.25, 0.3) is 0 Å². The van der Waals surface area contributed by atoms with Gasteiger partial charge < -0.3 is 14.2 Å². The number of rotatable bonds is 49. The number of unbranched alkanes of at least 4 members (excludes halogenated alkanes) is 10. The molecule has 6 heteroatoms. The lowest BCUT2D eigenvalue weighted by molar-refractivity contribution is -0.167. The third-order valence-corrected chi connectivity index (χ3v) is 11.2. The SMILES string of the molecule is CC/C=C\C/C=C\C/C=C\C/C=C\C/C=C\C/C=C\C/C=C\C/C=C\CCCCC(=O)OCC(COC(=O)CCCCCCC/C=C\C/C=C\CCC)OC(=O)CCCC/C=C\C/C=C\C/C=C\C/C=C\CC. The van der Waals surface area contributed by atoms with Crippen LogP contribution in [0.4, 0.5) is 0 Å². The summed E-state index contributed by atoms with van der Waals surface area (Å²) in [6, 6.07) is 0. The van der Waals surface area contributed by atoms with Crippen LogP contribution in [0, 0.1) is 0 Å². The van der Waals surface area contributed by atoms with Crippen molar-refractivity contribution in [3.05, 3.63) is 170 Å². The number of ether oxygens (including phenoxy) is 3. The second kappa shape index (κ2) is 59.3. The molecule has 0 aliphatic heterocycles. The number of esters is 3. The van der Waals surface area contributed by atoms with Crippen molar-refractivity contribution in [2.45, 2.75) is 219 Å². The monoisotopic (exact) mass is 1000 g/mol. The van der Waals surface area contributed by atoms with Crippen LogP contribution in [0.5, 0.6) is 0 Å². The first-order chi connectivity index (χ1) is 36.0. The Morgan fingerprint density at radius 3 is 0.863 bits per heavy atom. The van der Waals surface area contributed by atoms with Crippen LogP contribution in [0.1, 0.15) is 213 Å². The average Bonchev–Trinajstić information content (AvgIpc) is 3.39. The van der Waals surface area contributed by atoms with E-state index in [9.17, 15) is 14.4 Å². The molecule has 0 amide bonds. The summed E-state index contributed by atoms with van der Waals surface area (Å²) in [5.74, 6) is -1.04. The second-order valence-corrected chi connectivity index (χ2v) is 18.1. The van der Waals surface area contributed by atoms with Gasteiger partial charge in [-0.15, -0.1) is 0 Å². The van der Waals surface area contributed by atoms with Gasteiger partial charge >= 0.3 is 17.9 Å². The Balaban J connectivity index is 4.51. The molecule has 0 fully saturated rings. The standard InChI is InChI=1S/C67H102O6/c1-4-7-10-13-16-19-22-25-27-28-29-30-31-32-33-34-35-36-37-38-40-42-45-48-51-54-57-60-66(69)72-63-64(62-71-65(68)59-56-53-50-47-44-41-24-21-18-15-12-9-6-3)73-67(70)61-58-55-52-49-46-43-39-26-23-20-17-14-11-8-5-2/h7-8,10-12,15-17,19-21,24-27,29-30,32-33,35-36,38-40,45-46,48-49,64H,4-6,9,13-14,18,22-23,28,31,34,37,41-44,47,50-63H2,1-3H3/b10-7-,11-8-,15-12-,19-16-,20-17-,24-21-,27-25-,30-29-,33-32-,36-35-,39-26-,40-38-,48-45-,49-46-. The highest BCUT2D eigenvalue weighted by atomic mass is 16.6. The van der Waals surface area contributed by atoms with E-state index in [2.05, 4.69) is 191 Å². The Kier molecular flexibility index (Phi) is 55.1. The molecule has 1 unspecified atom stereocenters. The van der Waals surface area contributed by atoms with Crippen molar-refractivity contribution < 1.29 is 28.6 Å². The van der Waals surface area contributed by atoms with Gasteiger partial charge in [-0.2, -0.15) is 0 Å². The van der Waals surface area contributed by atoms with Gasteiger partial charge in [-0.3, -0.25) is 14.4 Å². The Morgan fingerprint density at radius 1 is 0.288 bits per heavy atom. The first kappa shape index (κ1) is 67.8. The maximum absolute atomic E-state index is 12.8. The molecule has 0 saturated carbocycles. The zero-order valence-corrected chi connectivity index (χ0v) is 46.3. The molecule has 0 saturated heterocycles. The molecule has 1 atom stereocenters. The van der Waals surface area contributed by atoms with Gasteiger partial charge in [0.15, 0.2) is 6.10 Å². The lowest BCUT2D eigenvalue weighted by Gasteiger charge is -2.18. The third kappa shape index (κ3) is 57.5. The number of carbonyl (C=O) groups is 3. The zero-order chi connectivity index (χ0) is 52.9. The summed E-state index contributed by atoms with van der Waals surface area (Å²) >= 11 is 0. The van der Waals surface area contributed by atoms with Gasteiger partial charge in [-0.25, -0.2) is 0 Å². The van der Waals surface area contributed by atoms with Gasteiger partial charge in [0, 0.05) is 19.3 Å². The zero-order valence-electron chi connectivity index (χ0n) is 46.3. The summed E-state index contributed by atoms with van der Waals surface area (Å²) < 4.78 is 16.7. The molecular weight excluding hydrogens is 901 g/mol. The first-order valence-electron chi connectivity index (χ1n) is 28.6. The molecule has 0 radical (unpaired) electrons. The molecule has 0 bridgehead atoms. The van der Waals surface area contributed by atoms with E-state index in [-0.39, 0.29) is 44.0 Å². The topological polar surface area (TPSA) is 78.9 Å². The molecule has 0 N–H and O–H groups in total. The van der Waals surface area contributed by atoms with Crippen molar-refractivity contribution in [1.29, 1.82) is 0 Å². The summed E-state index contributed by atoms with van der Waals surface area (Å²) in [7, 11) is 0. The Bertz CT molecular complexity index is 1720. The molecular formula is C67H102O6. The Morgan fingerprint density at radius 2 is 0.534 bits per heavy atom. The molecule has 0 aromatic rings. The first-order valence-corrected chi connectivity index (χ1v) is 28.6. The van der Waals surface area contributed by atoms with E-state index in [1.807, 2.05) is 0 Å². The van der Waals surface area contributed by atoms with Crippen molar-refractivity contribution in [2.24, 2.45) is 0 Å². The minimum atomic E-state index is -0.833. The average molecular weight is 1000 g/mol. The minimum absolute atomic E-state index is 0.125. The lowest BCUT2D eigenvalue weighted by Crippen LogP contribution is -2.30. The molecule has 0 aliphatic rings. The van der Waals surface area contributed by atoms with Crippen molar-refractivity contribution in [3.8, 4) is 0 Å². The molecule has 0 aromatic carbocycles. The van der Waals surface area contributed by atoms with E-state index in [1.54, 1.807) is 0 Å². The second-order valence-electron chi connectivity index (χ2n) is 18.1. The predicted octanol–water partition coefficient (Wildman–Crippen LogP) is 19.5. The molecule has 406 valence electrons. The molecule has 73 heavy (non-hydrogen) atoms. The largest absolute Gasteiger partial charge is 0.462 e. The van der Waals surface area contributed by atoms with Crippen molar-refractivity contribution in [2.75, 3.05) is 13.2 Å². The fourth-order valence-electron chi connectivity index (χ4n) is 6.95. The highest BCUT2D eigenvalue weighted by molar-refractivity contribution is 5.71. The van der Waals surface area contributed by atoms with E-state index in [1.165, 1.54) is 6.42 Å². The maximum atomic E-state index is 12.8. The summed E-state index contributed by atoms with van der Waals surface area (Å²) in [5.41, 5.74) is 0. The van der Waals surface area contributed by atoms with Crippen LogP contribution < -0.4 is 0 Å². The molecule has 0 aliphatic carbocycles. The van der Waals surface area contributed by atoms with E-state index in [4.69, 9.17) is 14.2 Å². The smallest absolute Gasteiger partial charge is 0.306 e. The fourth-order valence-corrected chi connectivity index (χ4v) is 6.95. The normalized spacial score (nSPS) is 13.4. The predicted molar refractivity (Wildman–Crippen MR) is 315 cm³/mol. The van der Waals surface area contributed by atoms with Gasteiger partial charge in [0.2, 0.25) is 0 Å². The van der Waals surface area contributed by atoms with Gasteiger partial charge in [0.05, 0.1) is 0 Å². The van der Waals surface area contributed by atoms with E-state index in [0.717, 1.165) is 154 Å². The van der Waals surface area contributed by atoms with E-state index in [0.29, 0.717) is 19.3 Å². The van der Waals surface area contributed by atoms with Crippen LogP contribution in [-0.2, 0) is 28.6 Å². The van der Waals surface area contributed by atoms with Crippen LogP contribution >= 0.6 is 0 Å². The Labute approximate surface area is 447 Å². The Hall–Kier alpha value is -5.23.